The largest absolute Gasteiger partial charge is 0.493 e. The first-order chi connectivity index (χ1) is 13.3. The summed E-state index contributed by atoms with van der Waals surface area (Å²) < 4.78 is 30.9. The lowest BCUT2D eigenvalue weighted by atomic mass is 10.2. The molecular formula is C19H23N3O4S2. The van der Waals surface area contributed by atoms with E-state index in [4.69, 9.17) is 17.0 Å². The smallest absolute Gasteiger partial charge is 0.261 e. The van der Waals surface area contributed by atoms with Crippen molar-refractivity contribution < 1.29 is 17.9 Å². The minimum atomic E-state index is -3.50. The molecule has 2 N–H and O–H groups in total. The molecule has 150 valence electrons. The molecule has 0 aromatic heterocycles. The Morgan fingerprint density at radius 3 is 2.36 bits per heavy atom. The molecule has 2 aromatic rings. The van der Waals surface area contributed by atoms with Gasteiger partial charge in [-0.1, -0.05) is 19.1 Å². The van der Waals surface area contributed by atoms with Gasteiger partial charge in [-0.25, -0.2) is 12.7 Å². The summed E-state index contributed by atoms with van der Waals surface area (Å²) >= 11 is 5.18. The number of ether oxygens (including phenoxy) is 1. The fraction of sp³-hybridized carbons (Fsp3) is 0.263. The highest BCUT2D eigenvalue weighted by Crippen LogP contribution is 2.19. The van der Waals surface area contributed by atoms with Crippen LogP contribution in [0.1, 0.15) is 23.7 Å². The molecule has 7 nitrogen and oxygen atoms in total. The molecule has 9 heteroatoms. The van der Waals surface area contributed by atoms with Crippen molar-refractivity contribution in [1.29, 1.82) is 0 Å². The molecule has 0 aliphatic heterocycles. The number of nitrogens with zero attached hydrogens (tertiary/aromatic N) is 1. The van der Waals surface area contributed by atoms with Gasteiger partial charge < -0.3 is 10.1 Å². The van der Waals surface area contributed by atoms with Crippen molar-refractivity contribution in [2.75, 3.05) is 26.0 Å². The predicted molar refractivity (Wildman–Crippen MR) is 113 cm³/mol. The molecule has 0 unspecified atom stereocenters. The van der Waals surface area contributed by atoms with Crippen molar-refractivity contribution >= 4 is 38.9 Å². The summed E-state index contributed by atoms with van der Waals surface area (Å²) in [5, 5.41) is 5.56. The van der Waals surface area contributed by atoms with Gasteiger partial charge in [0.05, 0.1) is 17.1 Å². The van der Waals surface area contributed by atoms with E-state index in [-0.39, 0.29) is 10.0 Å². The molecule has 0 fully saturated rings. The second kappa shape index (κ2) is 9.63. The van der Waals surface area contributed by atoms with Gasteiger partial charge >= 0.3 is 0 Å². The summed E-state index contributed by atoms with van der Waals surface area (Å²) in [6.07, 6.45) is 0.829. The number of para-hydroxylation sites is 1. The summed E-state index contributed by atoms with van der Waals surface area (Å²) in [7, 11) is -0.568. The van der Waals surface area contributed by atoms with E-state index in [0.717, 1.165) is 10.7 Å². The molecule has 0 saturated carbocycles. The maximum absolute atomic E-state index is 12.5. The van der Waals surface area contributed by atoms with Crippen LogP contribution in [-0.2, 0) is 10.0 Å². The Labute approximate surface area is 170 Å². The topological polar surface area (TPSA) is 87.7 Å². The third-order valence-corrected chi connectivity index (χ3v) is 5.74. The summed E-state index contributed by atoms with van der Waals surface area (Å²) in [6.45, 7) is 2.49. The first-order valence-corrected chi connectivity index (χ1v) is 10.5. The van der Waals surface area contributed by atoms with Gasteiger partial charge in [-0.3, -0.25) is 10.1 Å². The van der Waals surface area contributed by atoms with Crippen LogP contribution in [-0.4, -0.2) is 44.4 Å². The number of rotatable bonds is 7. The van der Waals surface area contributed by atoms with Crippen LogP contribution in [0.5, 0.6) is 5.75 Å². The number of carbonyl (C=O) groups is 1. The standard InChI is InChI=1S/C19H23N3O4S2/c1-4-13-26-17-8-6-5-7-16(17)18(23)21-19(27)20-14-9-11-15(12-10-14)28(24,25)22(2)3/h5-12H,4,13H2,1-3H3,(H2,20,21,23,27). The zero-order chi connectivity index (χ0) is 20.7. The van der Waals surface area contributed by atoms with Crippen LogP contribution < -0.4 is 15.4 Å². The highest BCUT2D eigenvalue weighted by molar-refractivity contribution is 7.89. The molecule has 0 heterocycles. The fourth-order valence-electron chi connectivity index (χ4n) is 2.25. The van der Waals surface area contributed by atoms with Gasteiger partial charge in [-0.2, -0.15) is 0 Å². The van der Waals surface area contributed by atoms with E-state index in [2.05, 4.69) is 10.6 Å². The maximum atomic E-state index is 12.5. The van der Waals surface area contributed by atoms with Crippen molar-refractivity contribution in [3.05, 3.63) is 54.1 Å². The first-order valence-electron chi connectivity index (χ1n) is 8.62. The molecule has 1 amide bonds. The van der Waals surface area contributed by atoms with Crippen LogP contribution in [0, 0.1) is 0 Å². The van der Waals surface area contributed by atoms with Gasteiger partial charge in [0.25, 0.3) is 5.91 Å². The van der Waals surface area contributed by atoms with Gasteiger partial charge in [0, 0.05) is 19.8 Å². The summed E-state index contributed by atoms with van der Waals surface area (Å²) in [5.74, 6) is 0.0962. The van der Waals surface area contributed by atoms with Crippen LogP contribution >= 0.6 is 12.2 Å². The lowest BCUT2D eigenvalue weighted by Gasteiger charge is -2.14. The number of thiocarbonyl (C=S) groups is 1. The van der Waals surface area contributed by atoms with Crippen molar-refractivity contribution in [3.8, 4) is 5.75 Å². The van der Waals surface area contributed by atoms with Crippen LogP contribution in [0.25, 0.3) is 0 Å². The summed E-state index contributed by atoms with van der Waals surface area (Å²) in [4.78, 5) is 12.7. The Kier molecular flexibility index (Phi) is 7.50. The number of carbonyl (C=O) groups excluding carboxylic acids is 1. The Bertz CT molecular complexity index is 942. The quantitative estimate of drug-likeness (QED) is 0.669. The molecular weight excluding hydrogens is 398 g/mol. The third kappa shape index (κ3) is 5.51. The molecule has 0 spiro atoms. The molecule has 28 heavy (non-hydrogen) atoms. The zero-order valence-corrected chi connectivity index (χ0v) is 17.6. The highest BCUT2D eigenvalue weighted by atomic mass is 32.2. The lowest BCUT2D eigenvalue weighted by molar-refractivity contribution is 0.0973. The van der Waals surface area contributed by atoms with Crippen LogP contribution in [0.15, 0.2) is 53.4 Å². The van der Waals surface area contributed by atoms with Gasteiger partial charge in [0.2, 0.25) is 10.0 Å². The normalized spacial score (nSPS) is 11.1. The molecule has 0 bridgehead atoms. The summed E-state index contributed by atoms with van der Waals surface area (Å²) in [5.41, 5.74) is 0.936. The average Bonchev–Trinajstić information content (AvgIpc) is 2.66. The van der Waals surface area contributed by atoms with E-state index >= 15 is 0 Å². The predicted octanol–water partition coefficient (Wildman–Crippen LogP) is 2.85. The Morgan fingerprint density at radius 2 is 1.75 bits per heavy atom. The van der Waals surface area contributed by atoms with Crippen molar-refractivity contribution in [2.24, 2.45) is 0 Å². The number of sulfonamides is 1. The highest BCUT2D eigenvalue weighted by Gasteiger charge is 2.17. The van der Waals surface area contributed by atoms with E-state index in [0.29, 0.717) is 23.6 Å². The minimum absolute atomic E-state index is 0.0958. The van der Waals surface area contributed by atoms with Crippen molar-refractivity contribution in [3.63, 3.8) is 0 Å². The first kappa shape index (κ1) is 21.8. The number of benzene rings is 2. The van der Waals surface area contributed by atoms with E-state index in [1.807, 2.05) is 6.92 Å². The number of anilines is 1. The van der Waals surface area contributed by atoms with E-state index in [1.54, 1.807) is 36.4 Å². The molecule has 0 radical (unpaired) electrons. The molecule has 2 aromatic carbocycles. The van der Waals surface area contributed by atoms with E-state index < -0.39 is 15.9 Å². The Morgan fingerprint density at radius 1 is 1.11 bits per heavy atom. The van der Waals surface area contributed by atoms with Crippen LogP contribution in [0.2, 0.25) is 0 Å². The van der Waals surface area contributed by atoms with E-state index in [9.17, 15) is 13.2 Å². The van der Waals surface area contributed by atoms with Crippen LogP contribution in [0.3, 0.4) is 0 Å². The van der Waals surface area contributed by atoms with Crippen LogP contribution in [0.4, 0.5) is 5.69 Å². The third-order valence-electron chi connectivity index (χ3n) is 3.71. The second-order valence-electron chi connectivity index (χ2n) is 6.06. The number of hydrogen-bond donors (Lipinski definition) is 2. The summed E-state index contributed by atoms with van der Waals surface area (Å²) in [6, 6.07) is 13.0. The maximum Gasteiger partial charge on any atom is 0.261 e. The average molecular weight is 422 g/mol. The van der Waals surface area contributed by atoms with Gasteiger partial charge in [0.1, 0.15) is 5.75 Å². The lowest BCUT2D eigenvalue weighted by Crippen LogP contribution is -2.34. The Balaban J connectivity index is 2.04. The van der Waals surface area contributed by atoms with Gasteiger partial charge in [-0.15, -0.1) is 0 Å². The minimum Gasteiger partial charge on any atom is -0.493 e. The number of hydrogen-bond acceptors (Lipinski definition) is 5. The fourth-order valence-corrected chi connectivity index (χ4v) is 3.36. The Hall–Kier alpha value is -2.49. The van der Waals surface area contributed by atoms with Gasteiger partial charge in [0.15, 0.2) is 5.11 Å². The molecule has 0 aliphatic rings. The second-order valence-corrected chi connectivity index (χ2v) is 8.62. The molecule has 0 saturated heterocycles. The van der Waals surface area contributed by atoms with Crippen molar-refractivity contribution in [1.82, 2.24) is 9.62 Å². The monoisotopic (exact) mass is 421 g/mol. The van der Waals surface area contributed by atoms with E-state index in [1.165, 1.54) is 26.2 Å². The number of amides is 1. The SMILES string of the molecule is CCCOc1ccccc1C(=O)NC(=S)Nc1ccc(S(=O)(=O)N(C)C)cc1. The van der Waals surface area contributed by atoms with Crippen molar-refractivity contribution in [2.45, 2.75) is 18.2 Å². The number of nitrogens with one attached hydrogen (secondary N) is 2. The molecule has 2 rings (SSSR count). The zero-order valence-electron chi connectivity index (χ0n) is 15.9. The molecule has 0 aliphatic carbocycles. The van der Waals surface area contributed by atoms with Gasteiger partial charge in [-0.05, 0) is 55.0 Å². The molecule has 0 atom stereocenters.